The van der Waals surface area contributed by atoms with E-state index in [1.54, 1.807) is 18.2 Å². The zero-order valence-corrected chi connectivity index (χ0v) is 12.2. The first-order valence-corrected chi connectivity index (χ1v) is 6.81. The number of aromatic nitrogens is 2. The van der Waals surface area contributed by atoms with E-state index in [4.69, 9.17) is 18.0 Å². The minimum Gasteiger partial charge on any atom is -0.309 e. The second kappa shape index (κ2) is 6.08. The van der Waals surface area contributed by atoms with Crippen LogP contribution >= 0.6 is 11.6 Å². The Morgan fingerprint density at radius 3 is 2.95 bits per heavy atom. The Morgan fingerprint density at radius 1 is 1.55 bits per heavy atom. The predicted octanol–water partition coefficient (Wildman–Crippen LogP) is 2.42. The number of rotatable bonds is 4. The zero-order valence-electron chi connectivity index (χ0n) is 11.5. The van der Waals surface area contributed by atoms with Crippen molar-refractivity contribution in [1.82, 2.24) is 14.9 Å². The van der Waals surface area contributed by atoms with Crippen LogP contribution in [0.5, 0.6) is 0 Å². The maximum atomic E-state index is 12.0. The molecule has 0 aliphatic carbocycles. The van der Waals surface area contributed by atoms with Gasteiger partial charge in [0, 0.05) is 5.02 Å². The number of hydrogen-bond acceptors (Lipinski definition) is 3. The van der Waals surface area contributed by atoms with Crippen LogP contribution < -0.4 is 5.56 Å². The number of fused-ring (bicyclic) bond motifs is 1. The first-order chi connectivity index (χ1) is 9.55. The van der Waals surface area contributed by atoms with Gasteiger partial charge in [0.1, 0.15) is 5.82 Å². The fraction of sp³-hybridized carbons (Fsp3) is 0.333. The molecule has 1 atom stereocenters. The molecule has 1 aromatic heterocycles. The second-order valence-corrected chi connectivity index (χ2v) is 5.02. The van der Waals surface area contributed by atoms with Gasteiger partial charge in [0.15, 0.2) is 0 Å². The summed E-state index contributed by atoms with van der Waals surface area (Å²) in [5.74, 6) is 3.27. The fourth-order valence-corrected chi connectivity index (χ4v) is 2.22. The van der Waals surface area contributed by atoms with Crippen molar-refractivity contribution in [2.75, 3.05) is 6.54 Å². The summed E-state index contributed by atoms with van der Waals surface area (Å²) in [4.78, 5) is 21.3. The molecule has 5 heteroatoms. The first kappa shape index (κ1) is 14.6. The number of halogens is 1. The van der Waals surface area contributed by atoms with Gasteiger partial charge >= 0.3 is 0 Å². The van der Waals surface area contributed by atoms with E-state index in [2.05, 4.69) is 20.8 Å². The van der Waals surface area contributed by atoms with Crippen LogP contribution in [0.25, 0.3) is 10.9 Å². The molecule has 0 fully saturated rings. The summed E-state index contributed by atoms with van der Waals surface area (Å²) in [5, 5.41) is 1.09. The highest BCUT2D eigenvalue weighted by molar-refractivity contribution is 6.31. The largest absolute Gasteiger partial charge is 0.309 e. The van der Waals surface area contributed by atoms with E-state index in [1.165, 1.54) is 0 Å². The summed E-state index contributed by atoms with van der Waals surface area (Å²) < 4.78 is 0. The molecule has 1 unspecified atom stereocenters. The summed E-state index contributed by atoms with van der Waals surface area (Å²) >= 11 is 5.94. The maximum Gasteiger partial charge on any atom is 0.258 e. The average molecular weight is 290 g/mol. The summed E-state index contributed by atoms with van der Waals surface area (Å²) in [6.07, 6.45) is 5.44. The number of aromatic amines is 1. The van der Waals surface area contributed by atoms with Crippen LogP contribution in [0.4, 0.5) is 0 Å². The third-order valence-corrected chi connectivity index (χ3v) is 3.50. The van der Waals surface area contributed by atoms with Gasteiger partial charge in [0.2, 0.25) is 0 Å². The molecule has 0 radical (unpaired) electrons. The van der Waals surface area contributed by atoms with Gasteiger partial charge in [-0.15, -0.1) is 6.42 Å². The molecule has 0 amide bonds. The fourth-order valence-electron chi connectivity index (χ4n) is 2.06. The number of terminal acetylenes is 1. The van der Waals surface area contributed by atoms with Gasteiger partial charge in [-0.05, 0) is 31.7 Å². The second-order valence-electron chi connectivity index (χ2n) is 4.58. The van der Waals surface area contributed by atoms with Crippen molar-refractivity contribution in [3.63, 3.8) is 0 Å². The Balaban J connectivity index is 2.41. The molecule has 2 rings (SSSR count). The molecule has 0 spiro atoms. The minimum absolute atomic E-state index is 0.0136. The van der Waals surface area contributed by atoms with Crippen LogP contribution in [0.3, 0.4) is 0 Å². The van der Waals surface area contributed by atoms with Gasteiger partial charge in [-0.2, -0.15) is 0 Å². The number of benzene rings is 1. The minimum atomic E-state index is -0.161. The smallest absolute Gasteiger partial charge is 0.258 e. The average Bonchev–Trinajstić information content (AvgIpc) is 2.43. The number of H-pyrrole nitrogens is 1. The van der Waals surface area contributed by atoms with E-state index in [-0.39, 0.29) is 11.6 Å². The predicted molar refractivity (Wildman–Crippen MR) is 81.8 cm³/mol. The van der Waals surface area contributed by atoms with E-state index in [9.17, 15) is 4.79 Å². The Bertz CT molecular complexity index is 717. The van der Waals surface area contributed by atoms with Crippen LogP contribution in [-0.4, -0.2) is 27.5 Å². The Hall–Kier alpha value is -1.83. The van der Waals surface area contributed by atoms with Gasteiger partial charge in [-0.25, -0.2) is 4.98 Å². The van der Waals surface area contributed by atoms with Gasteiger partial charge in [0.05, 0.1) is 23.5 Å². The number of hydrogen-bond donors (Lipinski definition) is 1. The van der Waals surface area contributed by atoms with E-state index in [0.717, 1.165) is 6.54 Å². The van der Waals surface area contributed by atoms with E-state index in [0.29, 0.717) is 28.3 Å². The summed E-state index contributed by atoms with van der Waals surface area (Å²) in [5.41, 5.74) is 0.437. The van der Waals surface area contributed by atoms with Crippen molar-refractivity contribution in [2.45, 2.75) is 26.4 Å². The molecule has 1 N–H and O–H groups in total. The Labute approximate surface area is 122 Å². The van der Waals surface area contributed by atoms with Crippen LogP contribution in [0.2, 0.25) is 5.02 Å². The molecular formula is C15H16ClN3O. The van der Waals surface area contributed by atoms with Crippen molar-refractivity contribution in [2.24, 2.45) is 0 Å². The summed E-state index contributed by atoms with van der Waals surface area (Å²) in [6.45, 7) is 5.24. The third-order valence-electron chi connectivity index (χ3n) is 3.27. The third kappa shape index (κ3) is 3.01. The Kier molecular flexibility index (Phi) is 4.43. The van der Waals surface area contributed by atoms with Crippen molar-refractivity contribution < 1.29 is 0 Å². The molecular weight excluding hydrogens is 274 g/mol. The highest BCUT2D eigenvalue weighted by Gasteiger charge is 2.12. The van der Waals surface area contributed by atoms with Crippen LogP contribution in [0, 0.1) is 12.3 Å². The highest BCUT2D eigenvalue weighted by atomic mass is 35.5. The lowest BCUT2D eigenvalue weighted by Crippen LogP contribution is -2.32. The molecule has 0 saturated heterocycles. The monoisotopic (exact) mass is 289 g/mol. The quantitative estimate of drug-likeness (QED) is 0.880. The zero-order chi connectivity index (χ0) is 14.7. The maximum absolute atomic E-state index is 12.0. The normalized spacial score (nSPS) is 12.6. The molecule has 2 aromatic rings. The molecule has 4 nitrogen and oxygen atoms in total. The van der Waals surface area contributed by atoms with Crippen molar-refractivity contribution >= 4 is 22.5 Å². The van der Waals surface area contributed by atoms with E-state index >= 15 is 0 Å². The van der Waals surface area contributed by atoms with Crippen LogP contribution in [0.15, 0.2) is 23.0 Å². The van der Waals surface area contributed by atoms with E-state index < -0.39 is 0 Å². The molecule has 0 bridgehead atoms. The topological polar surface area (TPSA) is 49.0 Å². The Morgan fingerprint density at radius 2 is 2.30 bits per heavy atom. The van der Waals surface area contributed by atoms with Gasteiger partial charge in [-0.1, -0.05) is 24.4 Å². The lowest BCUT2D eigenvalue weighted by Gasteiger charge is -2.23. The van der Waals surface area contributed by atoms with Crippen LogP contribution in [0.1, 0.15) is 19.7 Å². The van der Waals surface area contributed by atoms with Crippen molar-refractivity contribution in [1.29, 1.82) is 0 Å². The van der Waals surface area contributed by atoms with Gasteiger partial charge in [-0.3, -0.25) is 9.69 Å². The summed E-state index contributed by atoms with van der Waals surface area (Å²) in [7, 11) is 0. The molecule has 20 heavy (non-hydrogen) atoms. The summed E-state index contributed by atoms with van der Waals surface area (Å²) in [6, 6.07) is 5.03. The molecule has 0 aliphatic rings. The molecule has 1 aromatic carbocycles. The standard InChI is InChI=1S/C15H16ClN3O/c1-4-10(3)19(5-2)9-14-17-13-8-11(16)6-7-12(13)15(20)18-14/h1,6-8,10H,5,9H2,2-3H3,(H,17,18,20). The lowest BCUT2D eigenvalue weighted by atomic mass is 10.2. The van der Waals surface area contributed by atoms with Crippen molar-refractivity contribution in [3.05, 3.63) is 39.4 Å². The molecule has 104 valence electrons. The van der Waals surface area contributed by atoms with E-state index in [1.807, 2.05) is 13.8 Å². The van der Waals surface area contributed by atoms with Crippen molar-refractivity contribution in [3.8, 4) is 12.3 Å². The molecule has 0 saturated carbocycles. The first-order valence-electron chi connectivity index (χ1n) is 6.43. The highest BCUT2D eigenvalue weighted by Crippen LogP contribution is 2.15. The van der Waals surface area contributed by atoms with Crippen LogP contribution in [-0.2, 0) is 6.54 Å². The number of nitrogens with one attached hydrogen (secondary N) is 1. The molecule has 0 aliphatic heterocycles. The van der Waals surface area contributed by atoms with Gasteiger partial charge < -0.3 is 4.98 Å². The van der Waals surface area contributed by atoms with Gasteiger partial charge in [0.25, 0.3) is 5.56 Å². The lowest BCUT2D eigenvalue weighted by molar-refractivity contribution is 0.246. The number of nitrogens with zero attached hydrogens (tertiary/aromatic N) is 2. The SMILES string of the molecule is C#CC(C)N(CC)Cc1nc2cc(Cl)ccc2c(=O)[nH]1. The molecule has 1 heterocycles.